The number of halogens is 2. The summed E-state index contributed by atoms with van der Waals surface area (Å²) in [4.78, 5) is 18.4. The molecule has 0 bridgehead atoms. The molecule has 5 nitrogen and oxygen atoms in total. The number of nitrogens with zero attached hydrogens (tertiary/aromatic N) is 3. The number of para-hydroxylation sites is 1. The zero-order valence-electron chi connectivity index (χ0n) is 19.2. The Morgan fingerprint density at radius 3 is 2.63 bits per heavy atom. The third-order valence-corrected chi connectivity index (χ3v) is 7.09. The third-order valence-electron chi connectivity index (χ3n) is 6.34. The average molecular weight is 551 g/mol. The summed E-state index contributed by atoms with van der Waals surface area (Å²) in [5.74, 6) is 1.64. The number of ether oxygens (including phenoxy) is 1. The zero-order valence-corrected chi connectivity index (χ0v) is 21.5. The van der Waals surface area contributed by atoms with Gasteiger partial charge >= 0.3 is 0 Å². The van der Waals surface area contributed by atoms with Crippen LogP contribution < -0.4 is 10.3 Å². The van der Waals surface area contributed by atoms with Crippen molar-refractivity contribution < 1.29 is 4.74 Å². The lowest BCUT2D eigenvalue weighted by atomic mass is 9.88. The number of hydrogen-bond acceptors (Lipinski definition) is 4. The summed E-state index contributed by atoms with van der Waals surface area (Å²) >= 11 is 9.53. The highest BCUT2D eigenvalue weighted by molar-refractivity contribution is 9.10. The molecule has 5 rings (SSSR count). The van der Waals surface area contributed by atoms with Gasteiger partial charge in [-0.3, -0.25) is 4.79 Å². The molecule has 0 saturated heterocycles. The second-order valence-corrected chi connectivity index (χ2v) is 10.1. The summed E-state index contributed by atoms with van der Waals surface area (Å²) in [6.07, 6.45) is 7.24. The summed E-state index contributed by atoms with van der Waals surface area (Å²) in [5, 5.41) is 5.92. The van der Waals surface area contributed by atoms with Crippen molar-refractivity contribution >= 4 is 44.6 Å². The highest BCUT2D eigenvalue weighted by Crippen LogP contribution is 2.32. The predicted molar refractivity (Wildman–Crippen MR) is 145 cm³/mol. The van der Waals surface area contributed by atoms with E-state index in [0.29, 0.717) is 22.8 Å². The van der Waals surface area contributed by atoms with Crippen molar-refractivity contribution in [2.45, 2.75) is 44.6 Å². The van der Waals surface area contributed by atoms with Crippen LogP contribution in [0, 0.1) is 0 Å². The monoisotopic (exact) mass is 549 g/mol. The topological polar surface area (TPSA) is 56.5 Å². The zero-order chi connectivity index (χ0) is 24.2. The van der Waals surface area contributed by atoms with E-state index in [1.165, 1.54) is 11.1 Å². The van der Waals surface area contributed by atoms with Gasteiger partial charge < -0.3 is 4.74 Å². The van der Waals surface area contributed by atoms with E-state index in [1.54, 1.807) is 12.3 Å². The lowest BCUT2D eigenvalue weighted by Crippen LogP contribution is -2.25. The molecule has 178 valence electrons. The van der Waals surface area contributed by atoms with E-state index in [4.69, 9.17) is 21.3 Å². The molecule has 35 heavy (non-hydrogen) atoms. The summed E-state index contributed by atoms with van der Waals surface area (Å²) in [5.41, 5.74) is 2.35. The molecule has 0 atom stereocenters. The Kier molecular flexibility index (Phi) is 7.30. The van der Waals surface area contributed by atoms with Gasteiger partial charge in [0.25, 0.3) is 5.56 Å². The second kappa shape index (κ2) is 10.8. The third kappa shape index (κ3) is 5.49. The Labute approximate surface area is 217 Å². The highest BCUT2D eigenvalue weighted by Gasteiger charge is 2.22. The Morgan fingerprint density at radius 2 is 1.83 bits per heavy atom. The summed E-state index contributed by atoms with van der Waals surface area (Å²) in [7, 11) is 0. The van der Waals surface area contributed by atoms with Gasteiger partial charge in [-0.05, 0) is 60.9 Å². The number of benzene rings is 3. The minimum Gasteiger partial charge on any atom is -0.488 e. The van der Waals surface area contributed by atoms with E-state index >= 15 is 0 Å². The molecule has 7 heteroatoms. The quantitative estimate of drug-likeness (QED) is 0.236. The van der Waals surface area contributed by atoms with Crippen molar-refractivity contribution in [2.24, 2.45) is 5.10 Å². The summed E-state index contributed by atoms with van der Waals surface area (Å²) < 4.78 is 8.48. The van der Waals surface area contributed by atoms with Crippen LogP contribution in [0.5, 0.6) is 5.75 Å². The Hall–Kier alpha value is -2.96. The van der Waals surface area contributed by atoms with Crippen LogP contribution in [0.1, 0.15) is 55.0 Å². The number of rotatable bonds is 6. The van der Waals surface area contributed by atoms with Crippen LogP contribution in [0.2, 0.25) is 5.02 Å². The molecule has 1 aliphatic rings. The van der Waals surface area contributed by atoms with Gasteiger partial charge in [0.15, 0.2) is 0 Å². The molecule has 1 aliphatic carbocycles. The van der Waals surface area contributed by atoms with E-state index < -0.39 is 0 Å². The summed E-state index contributed by atoms with van der Waals surface area (Å²) in [6.45, 7) is 0.393. The first-order valence-electron chi connectivity index (χ1n) is 11.8. The highest BCUT2D eigenvalue weighted by atomic mass is 79.9. The minimum atomic E-state index is -0.147. The van der Waals surface area contributed by atoms with Crippen molar-refractivity contribution in [3.63, 3.8) is 0 Å². The van der Waals surface area contributed by atoms with Crippen LogP contribution in [0.25, 0.3) is 10.9 Å². The van der Waals surface area contributed by atoms with E-state index in [9.17, 15) is 4.79 Å². The largest absolute Gasteiger partial charge is 0.488 e. The van der Waals surface area contributed by atoms with Gasteiger partial charge in [0.2, 0.25) is 0 Å². The Balaban J connectivity index is 1.51. The smallest absolute Gasteiger partial charge is 0.282 e. The van der Waals surface area contributed by atoms with Gasteiger partial charge in [-0.1, -0.05) is 71.1 Å². The van der Waals surface area contributed by atoms with Crippen molar-refractivity contribution in [3.05, 3.63) is 104 Å². The van der Waals surface area contributed by atoms with Gasteiger partial charge in [-0.15, -0.1) is 0 Å². The van der Waals surface area contributed by atoms with E-state index in [0.717, 1.165) is 52.6 Å². The van der Waals surface area contributed by atoms with E-state index in [2.05, 4.69) is 21.0 Å². The van der Waals surface area contributed by atoms with Crippen LogP contribution in [-0.4, -0.2) is 15.9 Å². The number of aromatic nitrogens is 2. The first-order valence-corrected chi connectivity index (χ1v) is 13.0. The lowest BCUT2D eigenvalue weighted by molar-refractivity contribution is 0.305. The van der Waals surface area contributed by atoms with Crippen LogP contribution in [0.15, 0.2) is 81.1 Å². The van der Waals surface area contributed by atoms with Crippen LogP contribution in [0.3, 0.4) is 0 Å². The van der Waals surface area contributed by atoms with E-state index in [1.807, 2.05) is 60.7 Å². The molecule has 3 aromatic carbocycles. The lowest BCUT2D eigenvalue weighted by Gasteiger charge is -2.22. The molecule has 0 unspecified atom stereocenters. The molecule has 4 aromatic rings. The molecule has 0 spiro atoms. The fourth-order valence-electron chi connectivity index (χ4n) is 4.49. The molecule has 0 amide bonds. The first-order chi connectivity index (χ1) is 17.1. The van der Waals surface area contributed by atoms with E-state index in [-0.39, 0.29) is 11.5 Å². The van der Waals surface area contributed by atoms with Crippen molar-refractivity contribution in [1.82, 2.24) is 9.66 Å². The van der Waals surface area contributed by atoms with Crippen molar-refractivity contribution in [3.8, 4) is 5.75 Å². The van der Waals surface area contributed by atoms with Crippen LogP contribution >= 0.6 is 27.5 Å². The standard InChI is InChI=1S/C28H25BrClN3O2/c29-22-12-15-26(35-18-19-10-13-23(30)14-11-19)21(16-22)17-31-33-27(20-6-2-1-3-7-20)32-25-9-5-4-8-24(25)28(33)34/h4-5,8-17,20H,1-3,6-7,18H2. The van der Waals surface area contributed by atoms with Crippen molar-refractivity contribution in [2.75, 3.05) is 0 Å². The van der Waals surface area contributed by atoms with Crippen LogP contribution in [0.4, 0.5) is 0 Å². The summed E-state index contributed by atoms with van der Waals surface area (Å²) in [6, 6.07) is 20.8. The molecule has 0 aliphatic heterocycles. The molecular weight excluding hydrogens is 526 g/mol. The Bertz CT molecular complexity index is 1430. The molecule has 1 saturated carbocycles. The van der Waals surface area contributed by atoms with Gasteiger partial charge in [0.05, 0.1) is 17.1 Å². The van der Waals surface area contributed by atoms with Gasteiger partial charge in [-0.25, -0.2) is 4.98 Å². The molecule has 1 aromatic heterocycles. The van der Waals surface area contributed by atoms with Gasteiger partial charge in [-0.2, -0.15) is 9.78 Å². The maximum atomic E-state index is 13.5. The van der Waals surface area contributed by atoms with Crippen LogP contribution in [-0.2, 0) is 6.61 Å². The number of hydrogen-bond donors (Lipinski definition) is 0. The molecule has 0 radical (unpaired) electrons. The molecule has 0 N–H and O–H groups in total. The van der Waals surface area contributed by atoms with Gasteiger partial charge in [0.1, 0.15) is 18.2 Å². The maximum absolute atomic E-state index is 13.5. The van der Waals surface area contributed by atoms with Crippen molar-refractivity contribution in [1.29, 1.82) is 0 Å². The number of fused-ring (bicyclic) bond motifs is 1. The fraction of sp³-hybridized carbons (Fsp3) is 0.250. The fourth-order valence-corrected chi connectivity index (χ4v) is 5.00. The molecule has 1 fully saturated rings. The SMILES string of the molecule is O=c1c2ccccc2nc(C2CCCCC2)n1N=Cc1cc(Br)ccc1OCc1ccc(Cl)cc1. The normalized spacial score (nSPS) is 14.6. The minimum absolute atomic E-state index is 0.147. The maximum Gasteiger partial charge on any atom is 0.282 e. The molecule has 1 heterocycles. The molecular formula is C28H25BrClN3O2. The average Bonchev–Trinajstić information content (AvgIpc) is 2.89. The second-order valence-electron chi connectivity index (χ2n) is 8.78. The first kappa shape index (κ1) is 23.8. The Morgan fingerprint density at radius 1 is 1.06 bits per heavy atom. The predicted octanol–water partition coefficient (Wildman–Crippen LogP) is 7.32. The van der Waals surface area contributed by atoms with Gasteiger partial charge in [0, 0.05) is 21.0 Å².